The average molecular weight is 301 g/mol. The van der Waals surface area contributed by atoms with E-state index < -0.39 is 0 Å². The van der Waals surface area contributed by atoms with Gasteiger partial charge in [-0.2, -0.15) is 0 Å². The summed E-state index contributed by atoms with van der Waals surface area (Å²) in [6, 6.07) is 5.22. The van der Waals surface area contributed by atoms with E-state index in [2.05, 4.69) is 21.2 Å². The third-order valence-electron chi connectivity index (χ3n) is 1.74. The van der Waals surface area contributed by atoms with Crippen molar-refractivity contribution in [3.8, 4) is 0 Å². The van der Waals surface area contributed by atoms with Crippen LogP contribution in [0.4, 0.5) is 5.69 Å². The van der Waals surface area contributed by atoms with Crippen molar-refractivity contribution >= 4 is 39.1 Å². The van der Waals surface area contributed by atoms with Gasteiger partial charge in [0.1, 0.15) is 0 Å². The van der Waals surface area contributed by atoms with Gasteiger partial charge in [0, 0.05) is 15.6 Å². The maximum Gasteiger partial charge on any atom is 0.248 e. The van der Waals surface area contributed by atoms with Crippen LogP contribution in [0.3, 0.4) is 0 Å². The highest BCUT2D eigenvalue weighted by molar-refractivity contribution is 9.10. The van der Waals surface area contributed by atoms with Crippen LogP contribution in [0.15, 0.2) is 47.0 Å². The number of halogens is 2. The summed E-state index contributed by atoms with van der Waals surface area (Å²) in [5.41, 5.74) is 0.655. The molecule has 0 radical (unpaired) electrons. The van der Waals surface area contributed by atoms with Gasteiger partial charge in [0.15, 0.2) is 0 Å². The highest BCUT2D eigenvalue weighted by atomic mass is 79.9. The summed E-state index contributed by atoms with van der Waals surface area (Å²) in [6.07, 6.45) is 6.76. The fourth-order valence-corrected chi connectivity index (χ4v) is 1.54. The molecule has 0 saturated heterocycles. The van der Waals surface area contributed by atoms with Gasteiger partial charge in [-0.15, -0.1) is 0 Å². The largest absolute Gasteiger partial charge is 0.321 e. The number of rotatable bonds is 3. The molecule has 4 heteroatoms. The second kappa shape index (κ2) is 6.51. The average Bonchev–Trinajstić information content (AvgIpc) is 2.24. The van der Waals surface area contributed by atoms with Crippen molar-refractivity contribution < 1.29 is 4.79 Å². The highest BCUT2D eigenvalue weighted by Crippen LogP contribution is 2.25. The fraction of sp³-hybridized carbons (Fsp3) is 0.0833. The van der Waals surface area contributed by atoms with Crippen molar-refractivity contribution in [2.45, 2.75) is 6.92 Å². The van der Waals surface area contributed by atoms with Crippen LogP contribution in [-0.4, -0.2) is 5.91 Å². The first-order chi connectivity index (χ1) is 7.63. The van der Waals surface area contributed by atoms with Crippen LogP contribution in [-0.2, 0) is 4.79 Å². The molecule has 0 saturated carbocycles. The van der Waals surface area contributed by atoms with E-state index >= 15 is 0 Å². The first-order valence-corrected chi connectivity index (χ1v) is 5.86. The number of nitrogens with one attached hydrogen (secondary N) is 1. The molecule has 1 aromatic rings. The highest BCUT2D eigenvalue weighted by Gasteiger charge is 2.02. The van der Waals surface area contributed by atoms with E-state index in [1.165, 1.54) is 6.08 Å². The zero-order valence-corrected chi connectivity index (χ0v) is 11.0. The fourth-order valence-electron chi connectivity index (χ4n) is 1.02. The van der Waals surface area contributed by atoms with Crippen molar-refractivity contribution in [3.63, 3.8) is 0 Å². The predicted molar refractivity (Wildman–Crippen MR) is 71.7 cm³/mol. The Bertz CT molecular complexity index is 441. The van der Waals surface area contributed by atoms with Gasteiger partial charge in [0.2, 0.25) is 5.91 Å². The van der Waals surface area contributed by atoms with Crippen molar-refractivity contribution in [1.82, 2.24) is 0 Å². The molecular weight excluding hydrogens is 289 g/mol. The third-order valence-corrected chi connectivity index (χ3v) is 2.66. The third kappa shape index (κ3) is 4.21. The molecule has 1 aromatic carbocycles. The van der Waals surface area contributed by atoms with Gasteiger partial charge < -0.3 is 5.32 Å². The Balaban J connectivity index is 2.73. The standard InChI is InChI=1S/C12H11BrClNO/c1-2-3-4-5-12(16)15-11-8-9(14)6-7-10(11)13/h2-8H,1H3,(H,15,16)/b3-2+,5-4?. The molecule has 0 unspecified atom stereocenters. The molecule has 0 aliphatic rings. The maximum atomic E-state index is 11.5. The zero-order valence-electron chi connectivity index (χ0n) is 8.71. The van der Waals surface area contributed by atoms with Crippen LogP contribution in [0.25, 0.3) is 0 Å². The lowest BCUT2D eigenvalue weighted by atomic mass is 10.3. The summed E-state index contributed by atoms with van der Waals surface area (Å²) in [7, 11) is 0. The lowest BCUT2D eigenvalue weighted by Crippen LogP contribution is -2.08. The molecule has 1 rings (SSSR count). The van der Waals surface area contributed by atoms with Crippen molar-refractivity contribution in [2.24, 2.45) is 0 Å². The molecule has 1 N–H and O–H groups in total. The summed E-state index contributed by atoms with van der Waals surface area (Å²) in [5, 5.41) is 3.30. The van der Waals surface area contributed by atoms with Crippen LogP contribution >= 0.6 is 27.5 Å². The Morgan fingerprint density at radius 3 is 2.88 bits per heavy atom. The molecule has 0 aliphatic heterocycles. The first-order valence-electron chi connectivity index (χ1n) is 4.69. The number of benzene rings is 1. The first kappa shape index (κ1) is 13.0. The molecule has 0 bridgehead atoms. The number of amides is 1. The SMILES string of the molecule is C/C=C/C=CC(=O)Nc1cc(Cl)ccc1Br. The lowest BCUT2D eigenvalue weighted by molar-refractivity contribution is -0.111. The molecule has 16 heavy (non-hydrogen) atoms. The molecule has 0 fully saturated rings. The van der Waals surface area contributed by atoms with Gasteiger partial charge in [0.05, 0.1) is 5.69 Å². The Hall–Kier alpha value is -1.06. The quantitative estimate of drug-likeness (QED) is 0.658. The molecular formula is C12H11BrClNO. The van der Waals surface area contributed by atoms with Gasteiger partial charge in [-0.1, -0.05) is 29.8 Å². The Labute approximate surface area is 108 Å². The molecule has 84 valence electrons. The number of allylic oxidation sites excluding steroid dienone is 3. The van der Waals surface area contributed by atoms with Crippen LogP contribution < -0.4 is 5.32 Å². The van der Waals surface area contributed by atoms with E-state index in [1.807, 2.05) is 13.0 Å². The van der Waals surface area contributed by atoms with Crippen LogP contribution in [0.2, 0.25) is 5.02 Å². The van der Waals surface area contributed by atoms with E-state index in [4.69, 9.17) is 11.6 Å². The van der Waals surface area contributed by atoms with Crippen LogP contribution in [0.1, 0.15) is 6.92 Å². The predicted octanol–water partition coefficient (Wildman–Crippen LogP) is 4.17. The number of carbonyl (C=O) groups excluding carboxylic acids is 1. The molecule has 0 atom stereocenters. The Morgan fingerprint density at radius 2 is 2.19 bits per heavy atom. The molecule has 0 aliphatic carbocycles. The number of anilines is 1. The topological polar surface area (TPSA) is 29.1 Å². The minimum absolute atomic E-state index is 0.193. The van der Waals surface area contributed by atoms with Gasteiger partial charge in [-0.05, 0) is 41.1 Å². The van der Waals surface area contributed by atoms with Crippen molar-refractivity contribution in [1.29, 1.82) is 0 Å². The van der Waals surface area contributed by atoms with E-state index in [1.54, 1.807) is 30.4 Å². The van der Waals surface area contributed by atoms with Crippen molar-refractivity contribution in [2.75, 3.05) is 5.32 Å². The molecule has 1 amide bonds. The van der Waals surface area contributed by atoms with Crippen LogP contribution in [0.5, 0.6) is 0 Å². The van der Waals surface area contributed by atoms with E-state index in [0.29, 0.717) is 10.7 Å². The van der Waals surface area contributed by atoms with Crippen LogP contribution in [0, 0.1) is 0 Å². The molecule has 2 nitrogen and oxygen atoms in total. The normalized spacial score (nSPS) is 11.2. The summed E-state index contributed by atoms with van der Waals surface area (Å²) in [5.74, 6) is -0.193. The lowest BCUT2D eigenvalue weighted by Gasteiger charge is -2.05. The molecule has 0 spiro atoms. The van der Waals surface area contributed by atoms with E-state index in [0.717, 1.165) is 4.47 Å². The second-order valence-electron chi connectivity index (χ2n) is 3.00. The van der Waals surface area contributed by atoms with Gasteiger partial charge >= 0.3 is 0 Å². The maximum absolute atomic E-state index is 11.5. The van der Waals surface area contributed by atoms with E-state index in [-0.39, 0.29) is 5.91 Å². The monoisotopic (exact) mass is 299 g/mol. The Kier molecular flexibility index (Phi) is 5.29. The summed E-state index contributed by atoms with van der Waals surface area (Å²) >= 11 is 9.16. The van der Waals surface area contributed by atoms with Gasteiger partial charge in [-0.25, -0.2) is 0 Å². The zero-order chi connectivity index (χ0) is 12.0. The number of hydrogen-bond donors (Lipinski definition) is 1. The van der Waals surface area contributed by atoms with E-state index in [9.17, 15) is 4.79 Å². The second-order valence-corrected chi connectivity index (χ2v) is 4.29. The Morgan fingerprint density at radius 1 is 1.44 bits per heavy atom. The molecule has 0 heterocycles. The van der Waals surface area contributed by atoms with Crippen molar-refractivity contribution in [3.05, 3.63) is 52.0 Å². The summed E-state index contributed by atoms with van der Waals surface area (Å²) in [4.78, 5) is 11.5. The summed E-state index contributed by atoms with van der Waals surface area (Å²) < 4.78 is 0.796. The number of hydrogen-bond acceptors (Lipinski definition) is 1. The minimum atomic E-state index is -0.193. The summed E-state index contributed by atoms with van der Waals surface area (Å²) in [6.45, 7) is 1.88. The number of carbonyl (C=O) groups is 1. The minimum Gasteiger partial charge on any atom is -0.321 e. The van der Waals surface area contributed by atoms with Gasteiger partial charge in [0.25, 0.3) is 0 Å². The van der Waals surface area contributed by atoms with Gasteiger partial charge in [-0.3, -0.25) is 4.79 Å². The molecule has 0 aromatic heterocycles. The smallest absolute Gasteiger partial charge is 0.248 e.